The van der Waals surface area contributed by atoms with Gasteiger partial charge in [-0.25, -0.2) is 0 Å². The molecule has 0 amide bonds. The van der Waals surface area contributed by atoms with Crippen molar-refractivity contribution in [2.24, 2.45) is 0 Å². The monoisotopic (exact) mass is 251 g/mol. The van der Waals surface area contributed by atoms with Gasteiger partial charge in [0.2, 0.25) is 0 Å². The number of ketones is 1. The summed E-state index contributed by atoms with van der Waals surface area (Å²) in [7, 11) is 0. The molecule has 0 bridgehead atoms. The van der Waals surface area contributed by atoms with E-state index in [9.17, 15) is 4.79 Å². The minimum Gasteiger partial charge on any atom is -0.381 e. The van der Waals surface area contributed by atoms with Crippen molar-refractivity contribution in [2.45, 2.75) is 25.8 Å². The number of carbonyl (C=O) groups is 1. The Hall–Kier alpha value is -2.09. The quantitative estimate of drug-likeness (QED) is 0.826. The molecule has 0 saturated carbocycles. The first-order valence-electron chi connectivity index (χ1n) is 6.71. The van der Waals surface area contributed by atoms with E-state index >= 15 is 0 Å². The van der Waals surface area contributed by atoms with Crippen molar-refractivity contribution >= 4 is 16.6 Å². The lowest BCUT2D eigenvalue weighted by Gasteiger charge is -2.20. The van der Waals surface area contributed by atoms with Crippen molar-refractivity contribution in [1.82, 2.24) is 5.32 Å². The van der Waals surface area contributed by atoms with E-state index in [0.717, 1.165) is 23.8 Å². The van der Waals surface area contributed by atoms with E-state index < -0.39 is 0 Å². The van der Waals surface area contributed by atoms with E-state index in [1.807, 2.05) is 36.5 Å². The number of benzene rings is 2. The van der Waals surface area contributed by atoms with Gasteiger partial charge in [-0.3, -0.25) is 4.79 Å². The van der Waals surface area contributed by atoms with Gasteiger partial charge in [-0.2, -0.15) is 0 Å². The van der Waals surface area contributed by atoms with Crippen LogP contribution in [0.4, 0.5) is 0 Å². The van der Waals surface area contributed by atoms with Crippen molar-refractivity contribution in [3.05, 3.63) is 59.8 Å². The smallest absolute Gasteiger partial charge is 0.185 e. The summed E-state index contributed by atoms with van der Waals surface area (Å²) in [6, 6.07) is 12.0. The van der Waals surface area contributed by atoms with Crippen molar-refractivity contribution in [2.75, 3.05) is 0 Å². The van der Waals surface area contributed by atoms with Crippen LogP contribution in [0.25, 0.3) is 10.8 Å². The predicted octanol–water partition coefficient (Wildman–Crippen LogP) is 3.60. The summed E-state index contributed by atoms with van der Waals surface area (Å²) >= 11 is 0. The summed E-state index contributed by atoms with van der Waals surface area (Å²) in [5, 5.41) is 5.39. The average Bonchev–Trinajstić information content (AvgIpc) is 2.48. The van der Waals surface area contributed by atoms with E-state index in [-0.39, 0.29) is 11.8 Å². The minimum atomic E-state index is -0.0869. The van der Waals surface area contributed by atoms with Crippen LogP contribution in [0.1, 0.15) is 28.8 Å². The molecule has 0 fully saturated rings. The molecule has 0 aliphatic carbocycles. The van der Waals surface area contributed by atoms with Gasteiger partial charge in [-0.1, -0.05) is 42.5 Å². The summed E-state index contributed by atoms with van der Waals surface area (Å²) in [6.45, 7) is 2.08. The van der Waals surface area contributed by atoms with Crippen LogP contribution in [0.15, 0.2) is 48.7 Å². The first-order chi connectivity index (χ1) is 9.27. The van der Waals surface area contributed by atoms with Crippen LogP contribution in [0.3, 0.4) is 0 Å². The van der Waals surface area contributed by atoms with E-state index in [0.29, 0.717) is 0 Å². The van der Waals surface area contributed by atoms with Crippen LogP contribution in [0, 0.1) is 6.92 Å². The van der Waals surface area contributed by atoms with Crippen LogP contribution >= 0.6 is 0 Å². The Bertz CT molecular complexity index is 657. The first-order valence-corrected chi connectivity index (χ1v) is 6.71. The summed E-state index contributed by atoms with van der Waals surface area (Å²) in [6.07, 6.45) is 5.80. The Morgan fingerprint density at radius 2 is 1.95 bits per heavy atom. The molecule has 3 rings (SSSR count). The van der Waals surface area contributed by atoms with Gasteiger partial charge in [0.05, 0.1) is 6.04 Å². The molecule has 1 aliphatic rings. The van der Waals surface area contributed by atoms with Crippen LogP contribution in [0.2, 0.25) is 0 Å². The lowest BCUT2D eigenvalue weighted by atomic mass is 9.93. The number of rotatable bonds is 2. The molecule has 1 unspecified atom stereocenters. The topological polar surface area (TPSA) is 29.1 Å². The van der Waals surface area contributed by atoms with Gasteiger partial charge < -0.3 is 5.32 Å². The highest BCUT2D eigenvalue weighted by Crippen LogP contribution is 2.24. The van der Waals surface area contributed by atoms with Crippen molar-refractivity contribution in [1.29, 1.82) is 0 Å². The molecular formula is C17H17NO. The molecule has 0 spiro atoms. The molecule has 2 aromatic rings. The van der Waals surface area contributed by atoms with Gasteiger partial charge in [-0.05, 0) is 42.3 Å². The van der Waals surface area contributed by atoms with Gasteiger partial charge >= 0.3 is 0 Å². The first kappa shape index (κ1) is 12.0. The van der Waals surface area contributed by atoms with Crippen LogP contribution in [0.5, 0.6) is 0 Å². The maximum atomic E-state index is 12.6. The Kier molecular flexibility index (Phi) is 3.08. The number of aryl methyl sites for hydroxylation is 1. The Balaban J connectivity index is 2.07. The Morgan fingerprint density at radius 1 is 1.16 bits per heavy atom. The maximum absolute atomic E-state index is 12.6. The SMILES string of the molecule is Cc1ccc(C(=O)C2CCC=CN2)c2ccccc12. The standard InChI is InChI=1S/C17H17NO/c1-12-9-10-15(14-7-3-2-6-13(12)14)17(19)16-8-4-5-11-18-16/h2-3,5-7,9-11,16,18H,4,8H2,1H3. The highest BCUT2D eigenvalue weighted by molar-refractivity contribution is 6.11. The molecule has 0 saturated heterocycles. The van der Waals surface area contributed by atoms with Gasteiger partial charge in [0, 0.05) is 5.56 Å². The fourth-order valence-electron chi connectivity index (χ4n) is 2.67. The zero-order valence-corrected chi connectivity index (χ0v) is 11.0. The molecule has 0 aromatic heterocycles. The van der Waals surface area contributed by atoms with E-state index in [1.54, 1.807) is 0 Å². The van der Waals surface area contributed by atoms with Gasteiger partial charge in [0.15, 0.2) is 5.78 Å². The zero-order chi connectivity index (χ0) is 13.2. The van der Waals surface area contributed by atoms with Crippen molar-refractivity contribution < 1.29 is 4.79 Å². The highest BCUT2D eigenvalue weighted by Gasteiger charge is 2.21. The lowest BCUT2D eigenvalue weighted by Crippen LogP contribution is -2.35. The Labute approximate surface area is 113 Å². The normalized spacial score (nSPS) is 18.3. The summed E-state index contributed by atoms with van der Waals surface area (Å²) in [5.74, 6) is 0.195. The third kappa shape index (κ3) is 2.14. The number of nitrogens with one attached hydrogen (secondary N) is 1. The largest absolute Gasteiger partial charge is 0.381 e. The van der Waals surface area contributed by atoms with Gasteiger partial charge in [0.1, 0.15) is 0 Å². The summed E-state index contributed by atoms with van der Waals surface area (Å²) in [5.41, 5.74) is 2.04. The number of hydrogen-bond acceptors (Lipinski definition) is 2. The molecule has 1 heterocycles. The highest BCUT2D eigenvalue weighted by atomic mass is 16.1. The van der Waals surface area contributed by atoms with E-state index in [1.165, 1.54) is 10.9 Å². The third-order valence-corrected chi connectivity index (χ3v) is 3.76. The molecule has 19 heavy (non-hydrogen) atoms. The molecule has 1 N–H and O–H groups in total. The molecule has 2 aromatic carbocycles. The number of Topliss-reactive ketones (excluding diaryl/α,β-unsaturated/α-hetero) is 1. The summed E-state index contributed by atoms with van der Waals surface area (Å²) < 4.78 is 0. The van der Waals surface area contributed by atoms with Crippen LogP contribution in [-0.4, -0.2) is 11.8 Å². The minimum absolute atomic E-state index is 0.0869. The average molecular weight is 251 g/mol. The molecule has 1 aliphatic heterocycles. The molecule has 2 nitrogen and oxygen atoms in total. The molecule has 0 radical (unpaired) electrons. The Morgan fingerprint density at radius 3 is 2.68 bits per heavy atom. The van der Waals surface area contributed by atoms with Crippen LogP contribution in [-0.2, 0) is 0 Å². The molecule has 96 valence electrons. The van der Waals surface area contributed by atoms with Crippen molar-refractivity contribution in [3.8, 4) is 0 Å². The molecule has 2 heteroatoms. The maximum Gasteiger partial charge on any atom is 0.185 e. The molecule has 1 atom stereocenters. The number of fused-ring (bicyclic) bond motifs is 1. The van der Waals surface area contributed by atoms with Crippen LogP contribution < -0.4 is 5.32 Å². The van der Waals surface area contributed by atoms with Gasteiger partial charge in [-0.15, -0.1) is 0 Å². The van der Waals surface area contributed by atoms with E-state index in [2.05, 4.69) is 24.4 Å². The fourth-order valence-corrected chi connectivity index (χ4v) is 2.67. The lowest BCUT2D eigenvalue weighted by molar-refractivity contribution is 0.0945. The number of carbonyl (C=O) groups excluding carboxylic acids is 1. The zero-order valence-electron chi connectivity index (χ0n) is 11.0. The van der Waals surface area contributed by atoms with Gasteiger partial charge in [0.25, 0.3) is 0 Å². The second-order valence-electron chi connectivity index (χ2n) is 5.04. The van der Waals surface area contributed by atoms with Crippen molar-refractivity contribution in [3.63, 3.8) is 0 Å². The molecular weight excluding hydrogens is 234 g/mol. The van der Waals surface area contributed by atoms with E-state index in [4.69, 9.17) is 0 Å². The second kappa shape index (κ2) is 4.88. The second-order valence-corrected chi connectivity index (χ2v) is 5.04. The summed E-state index contributed by atoms with van der Waals surface area (Å²) in [4.78, 5) is 12.6. The fraction of sp³-hybridized carbons (Fsp3) is 0.235. The predicted molar refractivity (Wildman–Crippen MR) is 78.3 cm³/mol. The third-order valence-electron chi connectivity index (χ3n) is 3.76. The number of allylic oxidation sites excluding steroid dienone is 1. The number of hydrogen-bond donors (Lipinski definition) is 1.